The van der Waals surface area contributed by atoms with E-state index in [0.717, 1.165) is 30.8 Å². The van der Waals surface area contributed by atoms with E-state index in [1.807, 2.05) is 35.0 Å². The number of hydrogen-bond donors (Lipinski definition) is 2. The molecule has 2 N–H and O–H groups in total. The Balaban J connectivity index is 1.42. The number of piperazine rings is 1. The molecule has 184 valence electrons. The van der Waals surface area contributed by atoms with Gasteiger partial charge in [-0.1, -0.05) is 0 Å². The lowest BCUT2D eigenvalue weighted by atomic mass is 9.83. The van der Waals surface area contributed by atoms with E-state index in [-0.39, 0.29) is 12.5 Å². The maximum Gasteiger partial charge on any atom is 0.249 e. The molecule has 0 spiro atoms. The molecule has 2 amide bonds. The van der Waals surface area contributed by atoms with Crippen molar-refractivity contribution < 1.29 is 14.8 Å². The fourth-order valence-corrected chi connectivity index (χ4v) is 5.16. The molecule has 0 aliphatic carbocycles. The van der Waals surface area contributed by atoms with E-state index >= 15 is 0 Å². The van der Waals surface area contributed by atoms with E-state index in [2.05, 4.69) is 16.0 Å². The minimum absolute atomic E-state index is 0.0860. The van der Waals surface area contributed by atoms with E-state index in [4.69, 9.17) is 10.5 Å². The molecule has 3 aliphatic heterocycles. The maximum atomic E-state index is 13.5. The van der Waals surface area contributed by atoms with Crippen LogP contribution in [0.5, 0.6) is 0 Å². The van der Waals surface area contributed by atoms with Crippen molar-refractivity contribution in [1.82, 2.24) is 20.2 Å². The molecule has 3 heterocycles. The fourth-order valence-electron chi connectivity index (χ4n) is 5.16. The molecule has 0 aromatic heterocycles. The number of nitrogens with zero attached hydrogens (tertiary/aromatic N) is 7. The summed E-state index contributed by atoms with van der Waals surface area (Å²) in [6, 6.07) is 7.76. The summed E-state index contributed by atoms with van der Waals surface area (Å²) in [4.78, 5) is 37.9. The van der Waals surface area contributed by atoms with Crippen LogP contribution in [0, 0.1) is 41.5 Å². The van der Waals surface area contributed by atoms with Gasteiger partial charge < -0.3 is 19.6 Å². The number of hydrogen-bond acceptors (Lipinski definition) is 7. The molecular weight excluding hydrogens is 448 g/mol. The molecule has 35 heavy (non-hydrogen) atoms. The topological polar surface area (TPSA) is 139 Å². The number of aryl methyl sites for hydroxylation is 1. The highest BCUT2D eigenvalue weighted by atomic mass is 16.5. The number of benzene rings is 1. The van der Waals surface area contributed by atoms with Crippen LogP contribution in [-0.4, -0.2) is 90.0 Å². The number of rotatable bonds is 3. The summed E-state index contributed by atoms with van der Waals surface area (Å²) in [5.74, 6) is -1.45. The molecule has 0 radical (unpaired) electrons. The Morgan fingerprint density at radius 3 is 2.34 bits per heavy atom. The average molecular weight is 479 g/mol. The molecule has 3 aliphatic rings. The molecule has 11 heteroatoms. The lowest BCUT2D eigenvalue weighted by Crippen LogP contribution is -2.59. The van der Waals surface area contributed by atoms with E-state index in [1.165, 1.54) is 0 Å². The number of guanidine groups is 1. The third kappa shape index (κ3) is 5.00. The summed E-state index contributed by atoms with van der Waals surface area (Å²) >= 11 is 0. The minimum atomic E-state index is -0.745. The Morgan fingerprint density at radius 1 is 1.03 bits per heavy atom. The van der Waals surface area contributed by atoms with Crippen molar-refractivity contribution in [3.63, 3.8) is 0 Å². The van der Waals surface area contributed by atoms with Gasteiger partial charge in [-0.15, -0.1) is 4.99 Å². The summed E-state index contributed by atoms with van der Waals surface area (Å²) < 4.78 is 0. The van der Waals surface area contributed by atoms with Crippen LogP contribution < -0.4 is 10.4 Å². The van der Waals surface area contributed by atoms with E-state index in [1.54, 1.807) is 16.4 Å². The predicted molar refractivity (Wildman–Crippen MR) is 127 cm³/mol. The monoisotopic (exact) mass is 478 g/mol. The summed E-state index contributed by atoms with van der Waals surface area (Å²) in [5.41, 5.74) is 4.43. The summed E-state index contributed by atoms with van der Waals surface area (Å²) in [6.07, 6.45) is 3.30. The first-order valence-electron chi connectivity index (χ1n) is 11.9. The van der Waals surface area contributed by atoms with Crippen LogP contribution in [0.4, 0.5) is 5.69 Å². The zero-order valence-corrected chi connectivity index (χ0v) is 19.9. The zero-order chi connectivity index (χ0) is 24.9. The van der Waals surface area contributed by atoms with Gasteiger partial charge in [0.25, 0.3) is 0 Å². The van der Waals surface area contributed by atoms with Crippen molar-refractivity contribution in [3.8, 4) is 12.3 Å². The molecule has 3 saturated heterocycles. The van der Waals surface area contributed by atoms with Gasteiger partial charge in [0.05, 0.1) is 23.5 Å². The van der Waals surface area contributed by atoms with Crippen LogP contribution in [0.1, 0.15) is 24.0 Å². The fraction of sp³-hybridized carbons (Fsp3) is 0.542. The summed E-state index contributed by atoms with van der Waals surface area (Å²) in [7, 11) is 0. The smallest absolute Gasteiger partial charge is 0.249 e. The van der Waals surface area contributed by atoms with Crippen LogP contribution in [0.25, 0.3) is 0 Å². The molecule has 0 bridgehead atoms. The predicted octanol–water partition coefficient (Wildman–Crippen LogP) is 0.502. The van der Waals surface area contributed by atoms with E-state index < -0.39 is 17.7 Å². The molecule has 11 nitrogen and oxygen atoms in total. The van der Waals surface area contributed by atoms with Gasteiger partial charge in [0.15, 0.2) is 0 Å². The van der Waals surface area contributed by atoms with Gasteiger partial charge in [0.2, 0.25) is 24.0 Å². The third-order valence-electron chi connectivity index (χ3n) is 7.21. The number of likely N-dealkylation sites (tertiary alicyclic amines) is 2. The van der Waals surface area contributed by atoms with Gasteiger partial charge in [-0.05, 0) is 43.5 Å². The molecule has 1 aromatic carbocycles. The van der Waals surface area contributed by atoms with Crippen LogP contribution >= 0.6 is 0 Å². The van der Waals surface area contributed by atoms with Gasteiger partial charge in [-0.25, -0.2) is 5.48 Å². The zero-order valence-electron chi connectivity index (χ0n) is 19.9. The van der Waals surface area contributed by atoms with Crippen molar-refractivity contribution >= 4 is 23.5 Å². The Labute approximate surface area is 204 Å². The lowest BCUT2D eigenvalue weighted by Gasteiger charge is -2.45. The number of hydroxylamine groups is 1. The largest absolute Gasteiger partial charge is 0.368 e. The first-order chi connectivity index (χ1) is 17.0. The molecule has 2 atom stereocenters. The van der Waals surface area contributed by atoms with E-state index in [0.29, 0.717) is 50.7 Å². The highest BCUT2D eigenvalue weighted by Gasteiger charge is 2.42. The number of amides is 2. The normalized spacial score (nSPS) is 22.7. The van der Waals surface area contributed by atoms with Crippen molar-refractivity contribution in [2.45, 2.75) is 19.8 Å². The molecule has 4 rings (SSSR count). The number of aliphatic imine (C=N–C) groups is 1. The second kappa shape index (κ2) is 10.6. The highest BCUT2D eigenvalue weighted by molar-refractivity contribution is 5.89. The second-order valence-corrected chi connectivity index (χ2v) is 9.20. The maximum absolute atomic E-state index is 13.5. The van der Waals surface area contributed by atoms with Crippen LogP contribution in [0.3, 0.4) is 0 Å². The van der Waals surface area contributed by atoms with Crippen molar-refractivity contribution in [2.75, 3.05) is 57.3 Å². The van der Waals surface area contributed by atoms with Crippen LogP contribution in [-0.2, 0) is 9.59 Å². The van der Waals surface area contributed by atoms with Gasteiger partial charge in [-0.2, -0.15) is 10.5 Å². The SMILES string of the molecule is Cc1cc(C#N)ccc1N1CCN(C(=O)[C@H]2CCN(C(=NC#N)N3CCC3)C[C@@H]2C(=O)NO)CC1. The van der Waals surface area contributed by atoms with Crippen molar-refractivity contribution in [2.24, 2.45) is 16.8 Å². The second-order valence-electron chi connectivity index (χ2n) is 9.20. The van der Waals surface area contributed by atoms with Crippen LogP contribution in [0.2, 0.25) is 0 Å². The van der Waals surface area contributed by atoms with Crippen molar-refractivity contribution in [1.29, 1.82) is 10.5 Å². The quantitative estimate of drug-likeness (QED) is 0.211. The van der Waals surface area contributed by atoms with Gasteiger partial charge in [0, 0.05) is 58.0 Å². The standard InChI is InChI=1S/C24H30N8O3/c1-17-13-18(14-25)3-4-21(17)29-9-11-30(12-10-29)23(34)19-5-8-32(15-20(19)22(33)28-35)24(27-16-26)31-6-2-7-31/h3-4,13,19-20,35H,2,5-12,15H2,1H3,(H,28,33)/t19-,20-/m0/s1. The number of piperidine rings is 1. The number of nitrogens with one attached hydrogen (secondary N) is 1. The van der Waals surface area contributed by atoms with Crippen LogP contribution in [0.15, 0.2) is 23.2 Å². The average Bonchev–Trinajstić information content (AvgIpc) is 2.86. The first kappa shape index (κ1) is 24.3. The Morgan fingerprint density at radius 2 is 1.77 bits per heavy atom. The van der Waals surface area contributed by atoms with Gasteiger partial charge in [-0.3, -0.25) is 14.8 Å². The summed E-state index contributed by atoms with van der Waals surface area (Å²) in [6.45, 7) is 6.67. The minimum Gasteiger partial charge on any atom is -0.368 e. The lowest BCUT2D eigenvalue weighted by molar-refractivity contribution is -0.147. The number of carbonyl (C=O) groups is 2. The number of anilines is 1. The Kier molecular flexibility index (Phi) is 7.37. The summed E-state index contributed by atoms with van der Waals surface area (Å²) in [5, 5.41) is 27.6. The highest BCUT2D eigenvalue weighted by Crippen LogP contribution is 2.29. The number of carbonyl (C=O) groups excluding carboxylic acids is 2. The first-order valence-corrected chi connectivity index (χ1v) is 11.9. The molecule has 0 saturated carbocycles. The Hall–Kier alpha value is -3.83. The molecule has 3 fully saturated rings. The van der Waals surface area contributed by atoms with E-state index in [9.17, 15) is 14.8 Å². The molecular formula is C24H30N8O3. The molecule has 0 unspecified atom stereocenters. The number of nitriles is 2. The molecule has 1 aromatic rings. The third-order valence-corrected chi connectivity index (χ3v) is 7.21. The van der Waals surface area contributed by atoms with Gasteiger partial charge in [0.1, 0.15) is 0 Å². The van der Waals surface area contributed by atoms with Crippen molar-refractivity contribution in [3.05, 3.63) is 29.3 Å². The van der Waals surface area contributed by atoms with Gasteiger partial charge >= 0.3 is 0 Å². The Bertz CT molecular complexity index is 1080.